The predicted octanol–water partition coefficient (Wildman–Crippen LogP) is 0.147. The summed E-state index contributed by atoms with van der Waals surface area (Å²) in [4.78, 5) is 3.98. The Morgan fingerprint density at radius 2 is 2.50 bits per heavy atom. The van der Waals surface area contributed by atoms with Crippen molar-refractivity contribution in [3.05, 3.63) is 12.2 Å². The molecule has 0 saturated heterocycles. The van der Waals surface area contributed by atoms with Gasteiger partial charge in [0, 0.05) is 6.54 Å². The Morgan fingerprint density at radius 3 is 3.00 bits per heavy atom. The molecule has 0 atom stereocenters. The van der Waals surface area contributed by atoms with Crippen LogP contribution in [-0.4, -0.2) is 14.8 Å². The fourth-order valence-electron chi connectivity index (χ4n) is 0.764. The molecule has 1 aromatic rings. The second kappa shape index (κ2) is 3.31. The minimum Gasteiger partial charge on any atom is -0.324 e. The van der Waals surface area contributed by atoms with Crippen molar-refractivity contribution in [1.29, 1.82) is 0 Å². The number of hydrogen-bond donors (Lipinski definition) is 1. The topological polar surface area (TPSA) is 56.7 Å². The molecular formula is C6H12N4. The summed E-state index contributed by atoms with van der Waals surface area (Å²) in [6, 6.07) is 0. The van der Waals surface area contributed by atoms with Crippen molar-refractivity contribution in [3.63, 3.8) is 0 Å². The van der Waals surface area contributed by atoms with Crippen molar-refractivity contribution < 1.29 is 0 Å². The molecule has 0 aliphatic rings. The first-order valence-electron chi connectivity index (χ1n) is 3.45. The average molecular weight is 140 g/mol. The Labute approximate surface area is 60.1 Å². The van der Waals surface area contributed by atoms with Crippen molar-refractivity contribution in [1.82, 2.24) is 14.8 Å². The first kappa shape index (κ1) is 7.21. The molecule has 1 rings (SSSR count). The lowest BCUT2D eigenvalue weighted by atomic mass is 10.5. The number of hydrogen-bond acceptors (Lipinski definition) is 3. The molecule has 1 heterocycles. The predicted molar refractivity (Wildman–Crippen MR) is 38.2 cm³/mol. The Kier molecular flexibility index (Phi) is 2.39. The van der Waals surface area contributed by atoms with Crippen LogP contribution in [0.25, 0.3) is 0 Å². The smallest absolute Gasteiger partial charge is 0.164 e. The van der Waals surface area contributed by atoms with Crippen LogP contribution in [0.3, 0.4) is 0 Å². The van der Waals surface area contributed by atoms with E-state index in [9.17, 15) is 0 Å². The highest BCUT2D eigenvalue weighted by Gasteiger charge is 1.94. The third-order valence-corrected chi connectivity index (χ3v) is 1.22. The van der Waals surface area contributed by atoms with Gasteiger partial charge in [0.25, 0.3) is 0 Å². The van der Waals surface area contributed by atoms with Crippen LogP contribution in [0, 0.1) is 0 Å². The van der Waals surface area contributed by atoms with Gasteiger partial charge in [-0.3, -0.25) is 4.68 Å². The summed E-state index contributed by atoms with van der Waals surface area (Å²) in [6.45, 7) is 3.45. The number of aromatic nitrogens is 3. The maximum atomic E-state index is 5.32. The number of nitrogens with two attached hydrogens (primary N) is 1. The van der Waals surface area contributed by atoms with Crippen LogP contribution in [0.2, 0.25) is 0 Å². The summed E-state index contributed by atoms with van der Waals surface area (Å²) >= 11 is 0. The summed E-state index contributed by atoms with van der Waals surface area (Å²) in [5, 5.41) is 4.10. The van der Waals surface area contributed by atoms with Gasteiger partial charge < -0.3 is 5.73 Å². The van der Waals surface area contributed by atoms with Crippen molar-refractivity contribution in [3.8, 4) is 0 Å². The molecule has 0 aromatic carbocycles. The van der Waals surface area contributed by atoms with Gasteiger partial charge in [-0.15, -0.1) is 0 Å². The summed E-state index contributed by atoms with van der Waals surface area (Å²) in [6.07, 6.45) is 2.79. The first-order chi connectivity index (χ1) is 4.86. The van der Waals surface area contributed by atoms with Crippen LogP contribution in [0.4, 0.5) is 0 Å². The maximum absolute atomic E-state index is 5.32. The van der Waals surface area contributed by atoms with Crippen LogP contribution in [0.1, 0.15) is 19.2 Å². The van der Waals surface area contributed by atoms with Crippen LogP contribution in [-0.2, 0) is 13.1 Å². The van der Waals surface area contributed by atoms with Gasteiger partial charge in [0.05, 0.1) is 6.54 Å². The molecule has 0 bridgehead atoms. The molecule has 0 aliphatic carbocycles. The Hall–Kier alpha value is -0.900. The van der Waals surface area contributed by atoms with Gasteiger partial charge in [-0.2, -0.15) is 5.10 Å². The lowest BCUT2D eigenvalue weighted by Crippen LogP contribution is -2.01. The zero-order valence-electron chi connectivity index (χ0n) is 6.12. The van der Waals surface area contributed by atoms with Crippen LogP contribution < -0.4 is 5.73 Å². The second-order valence-electron chi connectivity index (χ2n) is 2.13. The third kappa shape index (κ3) is 1.54. The Morgan fingerprint density at radius 1 is 1.70 bits per heavy atom. The summed E-state index contributed by atoms with van der Waals surface area (Å²) < 4.78 is 1.81. The number of rotatable bonds is 3. The minimum atomic E-state index is 0.427. The molecule has 4 nitrogen and oxygen atoms in total. The highest BCUT2D eigenvalue weighted by Crippen LogP contribution is 1.89. The fraction of sp³-hybridized carbons (Fsp3) is 0.667. The van der Waals surface area contributed by atoms with Gasteiger partial charge in [-0.05, 0) is 6.42 Å². The van der Waals surface area contributed by atoms with E-state index in [0.717, 1.165) is 13.0 Å². The molecule has 0 amide bonds. The van der Waals surface area contributed by atoms with Gasteiger partial charge in [-0.1, -0.05) is 6.92 Å². The quantitative estimate of drug-likeness (QED) is 0.650. The highest BCUT2D eigenvalue weighted by molar-refractivity contribution is 4.78. The molecular weight excluding hydrogens is 128 g/mol. The maximum Gasteiger partial charge on any atom is 0.164 e. The third-order valence-electron chi connectivity index (χ3n) is 1.22. The number of aryl methyl sites for hydroxylation is 1. The minimum absolute atomic E-state index is 0.427. The molecule has 1 aromatic heterocycles. The summed E-state index contributed by atoms with van der Waals surface area (Å²) in [5.74, 6) is 0.716. The number of nitrogens with zero attached hydrogens (tertiary/aromatic N) is 3. The molecule has 2 N–H and O–H groups in total. The molecule has 10 heavy (non-hydrogen) atoms. The van der Waals surface area contributed by atoms with E-state index in [1.54, 1.807) is 6.33 Å². The largest absolute Gasteiger partial charge is 0.324 e. The Balaban J connectivity index is 2.59. The highest BCUT2D eigenvalue weighted by atomic mass is 15.3. The molecule has 0 spiro atoms. The zero-order chi connectivity index (χ0) is 7.40. The average Bonchev–Trinajstić information content (AvgIpc) is 2.37. The van der Waals surface area contributed by atoms with E-state index in [4.69, 9.17) is 5.73 Å². The first-order valence-corrected chi connectivity index (χ1v) is 3.45. The van der Waals surface area contributed by atoms with Crippen molar-refractivity contribution in [2.75, 3.05) is 0 Å². The lowest BCUT2D eigenvalue weighted by molar-refractivity contribution is 0.594. The van der Waals surface area contributed by atoms with Crippen LogP contribution >= 0.6 is 0 Å². The van der Waals surface area contributed by atoms with Gasteiger partial charge >= 0.3 is 0 Å². The molecule has 0 unspecified atom stereocenters. The molecule has 0 fully saturated rings. The van der Waals surface area contributed by atoms with E-state index in [1.807, 2.05) is 4.68 Å². The summed E-state index contributed by atoms with van der Waals surface area (Å²) in [7, 11) is 0. The lowest BCUT2D eigenvalue weighted by Gasteiger charge is -1.92. The van der Waals surface area contributed by atoms with Gasteiger partial charge in [-0.25, -0.2) is 4.98 Å². The van der Waals surface area contributed by atoms with Crippen molar-refractivity contribution in [2.24, 2.45) is 5.73 Å². The zero-order valence-corrected chi connectivity index (χ0v) is 6.12. The molecule has 0 saturated carbocycles. The van der Waals surface area contributed by atoms with Gasteiger partial charge in [0.15, 0.2) is 5.82 Å². The normalized spacial score (nSPS) is 10.2. The molecule has 4 heteroatoms. The van der Waals surface area contributed by atoms with Gasteiger partial charge in [0.2, 0.25) is 0 Å². The van der Waals surface area contributed by atoms with Crippen LogP contribution in [0.15, 0.2) is 6.33 Å². The van der Waals surface area contributed by atoms with E-state index >= 15 is 0 Å². The SMILES string of the molecule is CCCn1cnc(CN)n1. The van der Waals surface area contributed by atoms with Crippen molar-refractivity contribution in [2.45, 2.75) is 26.4 Å². The monoisotopic (exact) mass is 140 g/mol. The summed E-state index contributed by atoms with van der Waals surface area (Å²) in [5.41, 5.74) is 5.32. The van der Waals surface area contributed by atoms with Crippen LogP contribution in [0.5, 0.6) is 0 Å². The standard InChI is InChI=1S/C6H12N4/c1-2-3-10-5-8-6(4-7)9-10/h5H,2-4,7H2,1H3. The molecule has 0 radical (unpaired) electrons. The van der Waals surface area contributed by atoms with E-state index < -0.39 is 0 Å². The van der Waals surface area contributed by atoms with E-state index in [0.29, 0.717) is 12.4 Å². The van der Waals surface area contributed by atoms with Gasteiger partial charge in [0.1, 0.15) is 6.33 Å². The molecule has 0 aliphatic heterocycles. The molecule has 56 valence electrons. The van der Waals surface area contributed by atoms with E-state index in [1.165, 1.54) is 0 Å². The second-order valence-corrected chi connectivity index (χ2v) is 2.13. The fourth-order valence-corrected chi connectivity index (χ4v) is 0.764. The Bertz CT molecular complexity index is 193. The van der Waals surface area contributed by atoms with E-state index in [2.05, 4.69) is 17.0 Å². The van der Waals surface area contributed by atoms with Crippen molar-refractivity contribution >= 4 is 0 Å². The van der Waals surface area contributed by atoms with E-state index in [-0.39, 0.29) is 0 Å².